The van der Waals surface area contributed by atoms with Crippen LogP contribution in [0.4, 0.5) is 0 Å². The van der Waals surface area contributed by atoms with E-state index in [2.05, 4.69) is 0 Å². The summed E-state index contributed by atoms with van der Waals surface area (Å²) in [5.74, 6) is 0.221. The van der Waals surface area contributed by atoms with Crippen molar-refractivity contribution in [2.24, 2.45) is 11.7 Å². The molecule has 0 saturated carbocycles. The Morgan fingerprint density at radius 3 is 2.67 bits per heavy atom. The maximum atomic E-state index is 9.81. The van der Waals surface area contributed by atoms with E-state index in [9.17, 15) is 5.11 Å². The first kappa shape index (κ1) is 9.96. The Hall–Kier alpha value is -0.120. The van der Waals surface area contributed by atoms with Gasteiger partial charge >= 0.3 is 0 Å². The molecule has 2 atom stereocenters. The van der Waals surface area contributed by atoms with Crippen LogP contribution in [0.25, 0.3) is 0 Å². The van der Waals surface area contributed by atoms with Crippen molar-refractivity contribution in [1.29, 1.82) is 0 Å². The van der Waals surface area contributed by atoms with Crippen molar-refractivity contribution in [1.82, 2.24) is 0 Å². The van der Waals surface area contributed by atoms with E-state index in [4.69, 9.17) is 10.5 Å². The second-order valence-corrected chi connectivity index (χ2v) is 4.24. The molecule has 0 spiro atoms. The Balaban J connectivity index is 2.45. The topological polar surface area (TPSA) is 55.5 Å². The Kier molecular flexibility index (Phi) is 3.09. The average Bonchev–Trinajstić information content (AvgIpc) is 2.03. The van der Waals surface area contributed by atoms with Gasteiger partial charge in [0.2, 0.25) is 0 Å². The van der Waals surface area contributed by atoms with Crippen LogP contribution < -0.4 is 5.73 Å². The Labute approximate surface area is 73.9 Å². The minimum absolute atomic E-state index is 0.221. The van der Waals surface area contributed by atoms with Gasteiger partial charge in [-0.15, -0.1) is 0 Å². The number of aliphatic hydroxyl groups is 1. The highest BCUT2D eigenvalue weighted by Crippen LogP contribution is 2.22. The molecule has 0 aromatic rings. The van der Waals surface area contributed by atoms with E-state index in [0.717, 1.165) is 19.4 Å². The second kappa shape index (κ2) is 3.73. The van der Waals surface area contributed by atoms with E-state index in [-0.39, 0.29) is 5.92 Å². The van der Waals surface area contributed by atoms with Crippen LogP contribution in [0.15, 0.2) is 0 Å². The Morgan fingerprint density at radius 2 is 2.25 bits per heavy atom. The third-order valence-corrected chi connectivity index (χ3v) is 2.40. The molecule has 1 aliphatic heterocycles. The van der Waals surface area contributed by atoms with Gasteiger partial charge in [0.1, 0.15) is 0 Å². The average molecular weight is 173 g/mol. The van der Waals surface area contributed by atoms with E-state index in [0.29, 0.717) is 6.61 Å². The highest BCUT2D eigenvalue weighted by atomic mass is 16.5. The molecule has 1 heterocycles. The molecule has 0 aromatic heterocycles. The van der Waals surface area contributed by atoms with Gasteiger partial charge in [-0.05, 0) is 26.7 Å². The van der Waals surface area contributed by atoms with Crippen LogP contribution in [-0.2, 0) is 4.74 Å². The van der Waals surface area contributed by atoms with Crippen molar-refractivity contribution >= 4 is 0 Å². The van der Waals surface area contributed by atoms with Crippen molar-refractivity contribution in [3.8, 4) is 0 Å². The van der Waals surface area contributed by atoms with Gasteiger partial charge in [-0.25, -0.2) is 0 Å². The molecular weight excluding hydrogens is 154 g/mol. The van der Waals surface area contributed by atoms with Gasteiger partial charge in [0.25, 0.3) is 0 Å². The van der Waals surface area contributed by atoms with Crippen molar-refractivity contribution in [2.45, 2.75) is 38.3 Å². The fourth-order valence-corrected chi connectivity index (χ4v) is 1.62. The van der Waals surface area contributed by atoms with Crippen molar-refractivity contribution in [3.63, 3.8) is 0 Å². The number of nitrogens with two attached hydrogens (primary N) is 1. The van der Waals surface area contributed by atoms with Gasteiger partial charge < -0.3 is 15.6 Å². The molecule has 3 N–H and O–H groups in total. The number of hydrogen-bond acceptors (Lipinski definition) is 3. The standard InChI is InChI=1S/C9H19NO2/c1-9(2,10)8(11)7-4-3-5-12-6-7/h7-8,11H,3-6,10H2,1-2H3. The highest BCUT2D eigenvalue weighted by Gasteiger charge is 2.31. The summed E-state index contributed by atoms with van der Waals surface area (Å²) in [6.45, 7) is 5.19. The number of rotatable bonds is 2. The molecule has 2 unspecified atom stereocenters. The molecule has 0 bridgehead atoms. The van der Waals surface area contributed by atoms with E-state index < -0.39 is 11.6 Å². The minimum atomic E-state index is -0.509. The monoisotopic (exact) mass is 173 g/mol. The van der Waals surface area contributed by atoms with Gasteiger partial charge in [0.05, 0.1) is 12.7 Å². The molecule has 1 saturated heterocycles. The molecule has 3 heteroatoms. The van der Waals surface area contributed by atoms with Crippen molar-refractivity contribution in [2.75, 3.05) is 13.2 Å². The SMILES string of the molecule is CC(C)(N)C(O)C1CCCOC1. The minimum Gasteiger partial charge on any atom is -0.391 e. The van der Waals surface area contributed by atoms with E-state index in [1.807, 2.05) is 13.8 Å². The predicted molar refractivity (Wildman–Crippen MR) is 47.8 cm³/mol. The Bertz CT molecular complexity index is 136. The summed E-state index contributed by atoms with van der Waals surface area (Å²) in [7, 11) is 0. The number of ether oxygens (including phenoxy) is 1. The zero-order valence-corrected chi connectivity index (χ0v) is 7.92. The number of aliphatic hydroxyl groups excluding tert-OH is 1. The van der Waals surface area contributed by atoms with Crippen molar-refractivity contribution < 1.29 is 9.84 Å². The van der Waals surface area contributed by atoms with Gasteiger partial charge in [-0.1, -0.05) is 0 Å². The maximum absolute atomic E-state index is 9.81. The number of hydrogen-bond donors (Lipinski definition) is 2. The van der Waals surface area contributed by atoms with E-state index in [1.165, 1.54) is 0 Å². The second-order valence-electron chi connectivity index (χ2n) is 4.24. The molecule has 1 fully saturated rings. The summed E-state index contributed by atoms with van der Waals surface area (Å²) in [5, 5.41) is 9.81. The first-order valence-corrected chi connectivity index (χ1v) is 4.56. The fraction of sp³-hybridized carbons (Fsp3) is 1.00. The molecule has 12 heavy (non-hydrogen) atoms. The van der Waals surface area contributed by atoms with Gasteiger partial charge in [0.15, 0.2) is 0 Å². The molecule has 3 nitrogen and oxygen atoms in total. The molecule has 0 aliphatic carbocycles. The molecule has 72 valence electrons. The van der Waals surface area contributed by atoms with E-state index in [1.54, 1.807) is 0 Å². The first-order chi connectivity index (χ1) is 5.52. The lowest BCUT2D eigenvalue weighted by Gasteiger charge is -2.34. The summed E-state index contributed by atoms with van der Waals surface area (Å²) in [5.41, 5.74) is 5.30. The normalized spacial score (nSPS) is 28.5. The van der Waals surface area contributed by atoms with Crippen LogP contribution in [0.3, 0.4) is 0 Å². The molecule has 0 radical (unpaired) electrons. The van der Waals surface area contributed by atoms with Crippen LogP contribution in [0.2, 0.25) is 0 Å². The fourth-order valence-electron chi connectivity index (χ4n) is 1.62. The van der Waals surface area contributed by atoms with Crippen LogP contribution in [0, 0.1) is 5.92 Å². The van der Waals surface area contributed by atoms with Crippen LogP contribution >= 0.6 is 0 Å². The first-order valence-electron chi connectivity index (χ1n) is 4.56. The summed E-state index contributed by atoms with van der Waals surface area (Å²) < 4.78 is 5.28. The quantitative estimate of drug-likeness (QED) is 0.639. The van der Waals surface area contributed by atoms with Gasteiger partial charge in [-0.2, -0.15) is 0 Å². The molecule has 0 aromatic carbocycles. The lowest BCUT2D eigenvalue weighted by atomic mass is 9.85. The lowest BCUT2D eigenvalue weighted by Crippen LogP contribution is -2.50. The summed E-state index contributed by atoms with van der Waals surface area (Å²) in [6, 6.07) is 0. The zero-order chi connectivity index (χ0) is 9.19. The molecule has 0 amide bonds. The molecular formula is C9H19NO2. The Morgan fingerprint density at radius 1 is 1.58 bits per heavy atom. The lowest BCUT2D eigenvalue weighted by molar-refractivity contribution is -0.0340. The smallest absolute Gasteiger partial charge is 0.0764 e. The van der Waals surface area contributed by atoms with Crippen LogP contribution in [0.1, 0.15) is 26.7 Å². The van der Waals surface area contributed by atoms with Crippen LogP contribution in [0.5, 0.6) is 0 Å². The maximum Gasteiger partial charge on any atom is 0.0764 e. The van der Waals surface area contributed by atoms with Crippen molar-refractivity contribution in [3.05, 3.63) is 0 Å². The van der Waals surface area contributed by atoms with Gasteiger partial charge in [0, 0.05) is 18.1 Å². The highest BCUT2D eigenvalue weighted by molar-refractivity contribution is 4.87. The van der Waals surface area contributed by atoms with Gasteiger partial charge in [-0.3, -0.25) is 0 Å². The predicted octanol–water partition coefficient (Wildman–Crippen LogP) is 0.511. The third-order valence-electron chi connectivity index (χ3n) is 2.40. The zero-order valence-electron chi connectivity index (χ0n) is 7.92. The summed E-state index contributed by atoms with van der Waals surface area (Å²) in [6.07, 6.45) is 1.62. The van der Waals surface area contributed by atoms with Crippen LogP contribution in [-0.4, -0.2) is 30.0 Å². The summed E-state index contributed by atoms with van der Waals surface area (Å²) in [4.78, 5) is 0. The molecule has 1 aliphatic rings. The molecule has 1 rings (SSSR count). The van der Waals surface area contributed by atoms with E-state index >= 15 is 0 Å². The largest absolute Gasteiger partial charge is 0.391 e. The summed E-state index contributed by atoms with van der Waals surface area (Å²) >= 11 is 0. The third kappa shape index (κ3) is 2.44.